The number of hydrogen-bond acceptors (Lipinski definition) is 3. The molecule has 2 heterocycles. The fraction of sp³-hybridized carbons (Fsp3) is 0.889. The monoisotopic (exact) mass is 337 g/mol. The number of carbonyl (C=O) groups is 1. The van der Waals surface area contributed by atoms with Crippen molar-refractivity contribution in [3.63, 3.8) is 0 Å². The van der Waals surface area contributed by atoms with Crippen molar-refractivity contribution in [2.45, 2.75) is 58.5 Å². The van der Waals surface area contributed by atoms with Crippen LogP contribution in [0.5, 0.6) is 0 Å². The molecule has 0 bridgehead atoms. The molecule has 1 unspecified atom stereocenters. The van der Waals surface area contributed by atoms with E-state index in [-0.39, 0.29) is 5.91 Å². The van der Waals surface area contributed by atoms with Crippen molar-refractivity contribution < 1.29 is 4.79 Å². The average molecular weight is 338 g/mol. The number of carbonyl (C=O) groups excluding carboxylic acids is 1. The van der Waals surface area contributed by atoms with E-state index in [1.165, 1.54) is 25.9 Å². The van der Waals surface area contributed by atoms with Gasteiger partial charge in [0.1, 0.15) is 0 Å². The normalized spacial score (nSPS) is 25.5. The van der Waals surface area contributed by atoms with Gasteiger partial charge in [0, 0.05) is 51.7 Å². The van der Waals surface area contributed by atoms with Crippen molar-refractivity contribution in [2.24, 2.45) is 10.9 Å². The van der Waals surface area contributed by atoms with Crippen molar-refractivity contribution in [1.29, 1.82) is 0 Å². The van der Waals surface area contributed by atoms with Crippen LogP contribution >= 0.6 is 0 Å². The molecule has 2 atom stereocenters. The van der Waals surface area contributed by atoms with Crippen LogP contribution in [-0.2, 0) is 4.79 Å². The zero-order valence-electron chi connectivity index (χ0n) is 15.8. The predicted octanol–water partition coefficient (Wildman–Crippen LogP) is 1.28. The van der Waals surface area contributed by atoms with E-state index in [0.29, 0.717) is 24.4 Å². The van der Waals surface area contributed by atoms with Gasteiger partial charge < -0.3 is 15.5 Å². The number of guanidine groups is 1. The summed E-state index contributed by atoms with van der Waals surface area (Å²) in [5, 5.41) is 6.97. The second-order valence-corrected chi connectivity index (χ2v) is 7.46. The maximum absolute atomic E-state index is 11.8. The molecule has 2 N–H and O–H groups in total. The molecule has 2 aliphatic heterocycles. The first kappa shape index (κ1) is 19.0. The Morgan fingerprint density at radius 1 is 1.29 bits per heavy atom. The second-order valence-electron chi connectivity index (χ2n) is 7.46. The van der Waals surface area contributed by atoms with E-state index in [9.17, 15) is 4.79 Å². The Balaban J connectivity index is 1.76. The van der Waals surface area contributed by atoms with Gasteiger partial charge in [0.25, 0.3) is 0 Å². The first-order valence-corrected chi connectivity index (χ1v) is 9.52. The summed E-state index contributed by atoms with van der Waals surface area (Å²) >= 11 is 0. The molecule has 0 aromatic carbocycles. The van der Waals surface area contributed by atoms with E-state index in [1.54, 1.807) is 0 Å². The van der Waals surface area contributed by atoms with Crippen molar-refractivity contribution in [2.75, 3.05) is 39.8 Å². The molecule has 0 spiro atoms. The van der Waals surface area contributed by atoms with Crippen LogP contribution in [0, 0.1) is 5.92 Å². The van der Waals surface area contributed by atoms with Crippen molar-refractivity contribution in [3.05, 3.63) is 0 Å². The maximum atomic E-state index is 11.8. The number of rotatable bonds is 6. The number of hydrogen-bond donors (Lipinski definition) is 2. The van der Waals surface area contributed by atoms with Gasteiger partial charge in [-0.15, -0.1) is 0 Å². The summed E-state index contributed by atoms with van der Waals surface area (Å²) in [6.07, 6.45) is 4.14. The summed E-state index contributed by atoms with van der Waals surface area (Å²) in [6, 6.07) is 0.912. The Morgan fingerprint density at radius 2 is 2.08 bits per heavy atom. The van der Waals surface area contributed by atoms with E-state index in [0.717, 1.165) is 32.0 Å². The van der Waals surface area contributed by atoms with E-state index in [4.69, 9.17) is 0 Å². The third kappa shape index (κ3) is 5.36. The van der Waals surface area contributed by atoms with Crippen LogP contribution in [0.4, 0.5) is 0 Å². The minimum absolute atomic E-state index is 0.248. The molecule has 2 rings (SSSR count). The van der Waals surface area contributed by atoms with Gasteiger partial charge in [-0.05, 0) is 31.7 Å². The largest absolute Gasteiger partial charge is 0.355 e. The van der Waals surface area contributed by atoms with Crippen LogP contribution in [0.2, 0.25) is 0 Å². The number of likely N-dealkylation sites (tertiary alicyclic amines) is 2. The summed E-state index contributed by atoms with van der Waals surface area (Å²) in [5.41, 5.74) is 0. The molecule has 138 valence electrons. The molecular formula is C18H35N5O. The predicted molar refractivity (Wildman–Crippen MR) is 99.2 cm³/mol. The highest BCUT2D eigenvalue weighted by molar-refractivity contribution is 5.80. The highest BCUT2D eigenvalue weighted by atomic mass is 16.2. The number of aliphatic imine (C=N–C) groups is 1. The highest BCUT2D eigenvalue weighted by Crippen LogP contribution is 2.18. The molecule has 2 fully saturated rings. The first-order valence-electron chi connectivity index (χ1n) is 9.52. The average Bonchev–Trinajstić information content (AvgIpc) is 3.19. The number of nitrogens with zero attached hydrogens (tertiary/aromatic N) is 3. The zero-order chi connectivity index (χ0) is 17.5. The van der Waals surface area contributed by atoms with Crippen LogP contribution in [0.1, 0.15) is 46.5 Å². The minimum atomic E-state index is 0.248. The van der Waals surface area contributed by atoms with Gasteiger partial charge >= 0.3 is 0 Å². The molecule has 0 aromatic rings. The van der Waals surface area contributed by atoms with Gasteiger partial charge in [0.2, 0.25) is 5.91 Å². The molecule has 0 aliphatic carbocycles. The lowest BCUT2D eigenvalue weighted by atomic mass is 10.1. The van der Waals surface area contributed by atoms with Crippen molar-refractivity contribution >= 4 is 11.9 Å². The van der Waals surface area contributed by atoms with E-state index in [2.05, 4.69) is 34.4 Å². The van der Waals surface area contributed by atoms with Crippen LogP contribution in [0.15, 0.2) is 4.99 Å². The van der Waals surface area contributed by atoms with Crippen molar-refractivity contribution in [1.82, 2.24) is 20.4 Å². The summed E-state index contributed by atoms with van der Waals surface area (Å²) in [5.74, 6) is 1.82. The molecule has 2 saturated heterocycles. The van der Waals surface area contributed by atoms with Crippen LogP contribution in [0.3, 0.4) is 0 Å². The van der Waals surface area contributed by atoms with Gasteiger partial charge in [0.15, 0.2) is 5.96 Å². The Kier molecular flexibility index (Phi) is 7.34. The molecule has 0 saturated carbocycles. The van der Waals surface area contributed by atoms with E-state index >= 15 is 0 Å². The molecule has 0 radical (unpaired) electrons. The number of amides is 1. The van der Waals surface area contributed by atoms with Crippen LogP contribution in [0.25, 0.3) is 0 Å². The summed E-state index contributed by atoms with van der Waals surface area (Å²) in [7, 11) is 1.82. The lowest BCUT2D eigenvalue weighted by molar-refractivity contribution is -0.129. The summed E-state index contributed by atoms with van der Waals surface area (Å²) < 4.78 is 0. The summed E-state index contributed by atoms with van der Waals surface area (Å²) in [6.45, 7) is 11.5. The summed E-state index contributed by atoms with van der Waals surface area (Å²) in [4.78, 5) is 20.7. The number of nitrogens with one attached hydrogen (secondary N) is 2. The Bertz CT molecular complexity index is 437. The molecule has 24 heavy (non-hydrogen) atoms. The van der Waals surface area contributed by atoms with Gasteiger partial charge in [-0.2, -0.15) is 0 Å². The van der Waals surface area contributed by atoms with Gasteiger partial charge in [-0.3, -0.25) is 14.7 Å². The van der Waals surface area contributed by atoms with E-state index in [1.807, 2.05) is 18.9 Å². The van der Waals surface area contributed by atoms with Gasteiger partial charge in [-0.1, -0.05) is 20.8 Å². The third-order valence-electron chi connectivity index (χ3n) is 5.01. The minimum Gasteiger partial charge on any atom is -0.355 e. The topological polar surface area (TPSA) is 60.0 Å². The van der Waals surface area contributed by atoms with Gasteiger partial charge in [-0.25, -0.2) is 0 Å². The van der Waals surface area contributed by atoms with Crippen LogP contribution < -0.4 is 10.6 Å². The molecular weight excluding hydrogens is 302 g/mol. The maximum Gasteiger partial charge on any atom is 0.222 e. The Labute approximate surface area is 147 Å². The SMILES string of the molecule is CCC(=O)N1CCC(NC(=NC)NC[C@H]2CCCN2CC(C)C)C1. The fourth-order valence-corrected chi connectivity index (χ4v) is 3.77. The quantitative estimate of drug-likeness (QED) is 0.566. The molecule has 0 aromatic heterocycles. The third-order valence-corrected chi connectivity index (χ3v) is 5.01. The Hall–Kier alpha value is -1.30. The van der Waals surface area contributed by atoms with Crippen molar-refractivity contribution in [3.8, 4) is 0 Å². The fourth-order valence-electron chi connectivity index (χ4n) is 3.77. The second kappa shape index (κ2) is 9.25. The van der Waals surface area contributed by atoms with Gasteiger partial charge in [0.05, 0.1) is 0 Å². The standard InChI is InChI=1S/C18H35N5O/c1-5-17(24)23-10-8-15(13-23)21-18(19-4)20-11-16-7-6-9-22(16)12-14(2)3/h14-16H,5-13H2,1-4H3,(H2,19,20,21)/t15?,16-/m1/s1. The molecule has 1 amide bonds. The molecule has 6 nitrogen and oxygen atoms in total. The van der Waals surface area contributed by atoms with Crippen LogP contribution in [-0.4, -0.2) is 73.5 Å². The zero-order valence-corrected chi connectivity index (χ0v) is 15.8. The smallest absolute Gasteiger partial charge is 0.222 e. The van der Waals surface area contributed by atoms with E-state index < -0.39 is 0 Å². The first-order chi connectivity index (χ1) is 11.5. The highest BCUT2D eigenvalue weighted by Gasteiger charge is 2.27. The lowest BCUT2D eigenvalue weighted by Crippen LogP contribution is -2.49. The lowest BCUT2D eigenvalue weighted by Gasteiger charge is -2.27. The Morgan fingerprint density at radius 3 is 2.75 bits per heavy atom. The molecule has 6 heteroatoms. The molecule has 2 aliphatic rings.